The van der Waals surface area contributed by atoms with Crippen LogP contribution in [0.2, 0.25) is 0 Å². The minimum Gasteiger partial charge on any atom is -0.481 e. The second kappa shape index (κ2) is 5.87. The number of carboxylic acids is 1. The smallest absolute Gasteiger partial charge is 0.308 e. The number of carbonyl (C=O) groups excluding carboxylic acids is 1. The van der Waals surface area contributed by atoms with Gasteiger partial charge in [0.25, 0.3) is 0 Å². The zero-order valence-electron chi connectivity index (χ0n) is 11.1. The van der Waals surface area contributed by atoms with Gasteiger partial charge in [-0.05, 0) is 25.3 Å². The monoisotopic (exact) mass is 261 g/mol. The third-order valence-electron chi connectivity index (χ3n) is 3.60. The predicted octanol–water partition coefficient (Wildman–Crippen LogP) is 1.86. The number of aliphatic carboxylic acids is 1. The molecular weight excluding hydrogens is 242 g/mol. The molecule has 0 spiro atoms. The van der Waals surface area contributed by atoms with Crippen molar-refractivity contribution in [1.82, 2.24) is 4.90 Å². The van der Waals surface area contributed by atoms with Crippen molar-refractivity contribution < 1.29 is 14.7 Å². The van der Waals surface area contributed by atoms with Crippen LogP contribution in [0.3, 0.4) is 0 Å². The Balaban J connectivity index is 1.96. The number of carbonyl (C=O) groups is 2. The maximum Gasteiger partial charge on any atom is 0.308 e. The molecular formula is C15H19NO3. The lowest BCUT2D eigenvalue weighted by molar-refractivity contribution is -0.145. The summed E-state index contributed by atoms with van der Waals surface area (Å²) in [4.78, 5) is 24.8. The van der Waals surface area contributed by atoms with Gasteiger partial charge in [0.1, 0.15) is 0 Å². The summed E-state index contributed by atoms with van der Waals surface area (Å²) >= 11 is 0. The summed E-state index contributed by atoms with van der Waals surface area (Å²) in [5, 5.41) is 9.02. The molecule has 0 aliphatic carbocycles. The maximum absolute atomic E-state index is 12.2. The first kappa shape index (κ1) is 13.6. The zero-order valence-corrected chi connectivity index (χ0v) is 11.1. The zero-order chi connectivity index (χ0) is 13.8. The molecule has 1 aliphatic rings. The van der Waals surface area contributed by atoms with Gasteiger partial charge < -0.3 is 10.0 Å². The molecule has 1 amide bonds. The fourth-order valence-electron chi connectivity index (χ4n) is 2.40. The van der Waals surface area contributed by atoms with Crippen molar-refractivity contribution in [1.29, 1.82) is 0 Å². The van der Waals surface area contributed by atoms with Gasteiger partial charge >= 0.3 is 5.97 Å². The van der Waals surface area contributed by atoms with Gasteiger partial charge in [-0.15, -0.1) is 0 Å². The van der Waals surface area contributed by atoms with E-state index in [2.05, 4.69) is 0 Å². The molecule has 0 saturated carbocycles. The van der Waals surface area contributed by atoms with E-state index in [1.54, 1.807) is 4.90 Å². The van der Waals surface area contributed by atoms with Crippen molar-refractivity contribution >= 4 is 11.9 Å². The molecule has 19 heavy (non-hydrogen) atoms. The molecule has 0 aromatic heterocycles. The molecule has 1 aromatic rings. The first-order chi connectivity index (χ1) is 9.06. The molecule has 1 N–H and O–H groups in total. The van der Waals surface area contributed by atoms with Gasteiger partial charge in [-0.1, -0.05) is 29.8 Å². The summed E-state index contributed by atoms with van der Waals surface area (Å²) in [5.41, 5.74) is 2.15. The standard InChI is InChI=1S/C15H19NO3/c1-11-4-6-12(7-5-11)9-14(17)16-8-2-3-13(10-16)15(18)19/h4-7,13H,2-3,8-10H2,1H3,(H,18,19)/t13-/m0/s1. The van der Waals surface area contributed by atoms with Gasteiger partial charge in [-0.2, -0.15) is 0 Å². The Morgan fingerprint density at radius 1 is 1.32 bits per heavy atom. The number of carboxylic acid groups (broad SMARTS) is 1. The van der Waals surface area contributed by atoms with Crippen LogP contribution in [-0.4, -0.2) is 35.0 Å². The van der Waals surface area contributed by atoms with E-state index < -0.39 is 11.9 Å². The molecule has 4 nitrogen and oxygen atoms in total. The van der Waals surface area contributed by atoms with E-state index in [0.717, 1.165) is 12.0 Å². The molecule has 4 heteroatoms. The van der Waals surface area contributed by atoms with E-state index >= 15 is 0 Å². The molecule has 1 aromatic carbocycles. The predicted molar refractivity (Wildman–Crippen MR) is 71.8 cm³/mol. The molecule has 0 bridgehead atoms. The molecule has 0 radical (unpaired) electrons. The van der Waals surface area contributed by atoms with Crippen LogP contribution in [0.5, 0.6) is 0 Å². The van der Waals surface area contributed by atoms with Crippen molar-refractivity contribution in [2.75, 3.05) is 13.1 Å². The molecule has 1 heterocycles. The largest absolute Gasteiger partial charge is 0.481 e. The van der Waals surface area contributed by atoms with Crippen LogP contribution in [0.4, 0.5) is 0 Å². The molecule has 2 rings (SSSR count). The summed E-state index contributed by atoms with van der Waals surface area (Å²) in [5.74, 6) is -1.18. The second-order valence-electron chi connectivity index (χ2n) is 5.18. The SMILES string of the molecule is Cc1ccc(CC(=O)N2CCC[C@H](C(=O)O)C2)cc1. The number of rotatable bonds is 3. The van der Waals surface area contributed by atoms with E-state index in [4.69, 9.17) is 5.11 Å². The Labute approximate surface area is 113 Å². The van der Waals surface area contributed by atoms with Gasteiger partial charge in [-0.25, -0.2) is 0 Å². The quantitative estimate of drug-likeness (QED) is 0.903. The molecule has 1 atom stereocenters. The lowest BCUT2D eigenvalue weighted by atomic mass is 9.97. The molecule has 102 valence electrons. The summed E-state index contributed by atoms with van der Waals surface area (Å²) in [6, 6.07) is 7.87. The van der Waals surface area contributed by atoms with E-state index in [9.17, 15) is 9.59 Å². The van der Waals surface area contributed by atoms with Gasteiger partial charge in [-0.3, -0.25) is 9.59 Å². The molecule has 1 aliphatic heterocycles. The average Bonchev–Trinajstić information content (AvgIpc) is 2.41. The number of amides is 1. The number of benzene rings is 1. The summed E-state index contributed by atoms with van der Waals surface area (Å²) in [6.45, 7) is 3.03. The molecule has 0 unspecified atom stereocenters. The van der Waals surface area contributed by atoms with Gasteiger partial charge in [0.2, 0.25) is 5.91 Å². The van der Waals surface area contributed by atoms with Crippen LogP contribution < -0.4 is 0 Å². The molecule has 1 fully saturated rings. The fraction of sp³-hybridized carbons (Fsp3) is 0.467. The number of piperidine rings is 1. The minimum absolute atomic E-state index is 0.0230. The normalized spacial score (nSPS) is 19.2. The highest BCUT2D eigenvalue weighted by Gasteiger charge is 2.27. The van der Waals surface area contributed by atoms with Crippen molar-refractivity contribution in [2.45, 2.75) is 26.2 Å². The van der Waals surface area contributed by atoms with Crippen LogP contribution in [-0.2, 0) is 16.0 Å². The van der Waals surface area contributed by atoms with Crippen molar-refractivity contribution in [3.05, 3.63) is 35.4 Å². The van der Waals surface area contributed by atoms with E-state index in [1.807, 2.05) is 31.2 Å². The third-order valence-corrected chi connectivity index (χ3v) is 3.60. The minimum atomic E-state index is -0.798. The maximum atomic E-state index is 12.2. The summed E-state index contributed by atoms with van der Waals surface area (Å²) < 4.78 is 0. The van der Waals surface area contributed by atoms with E-state index in [0.29, 0.717) is 25.9 Å². The van der Waals surface area contributed by atoms with Crippen LogP contribution in [0.25, 0.3) is 0 Å². The highest BCUT2D eigenvalue weighted by atomic mass is 16.4. The van der Waals surface area contributed by atoms with Gasteiger partial charge in [0, 0.05) is 13.1 Å². The first-order valence-electron chi connectivity index (χ1n) is 6.62. The second-order valence-corrected chi connectivity index (χ2v) is 5.18. The van der Waals surface area contributed by atoms with Gasteiger partial charge in [0.05, 0.1) is 12.3 Å². The number of hydrogen-bond donors (Lipinski definition) is 1. The van der Waals surface area contributed by atoms with Crippen molar-refractivity contribution in [2.24, 2.45) is 5.92 Å². The number of likely N-dealkylation sites (tertiary alicyclic amines) is 1. The third kappa shape index (κ3) is 3.56. The van der Waals surface area contributed by atoms with Crippen LogP contribution in [0.15, 0.2) is 24.3 Å². The lowest BCUT2D eigenvalue weighted by Gasteiger charge is -2.30. The summed E-state index contributed by atoms with van der Waals surface area (Å²) in [7, 11) is 0. The Morgan fingerprint density at radius 3 is 2.63 bits per heavy atom. The van der Waals surface area contributed by atoms with Crippen LogP contribution in [0.1, 0.15) is 24.0 Å². The van der Waals surface area contributed by atoms with Crippen molar-refractivity contribution in [3.63, 3.8) is 0 Å². The van der Waals surface area contributed by atoms with Crippen molar-refractivity contribution in [3.8, 4) is 0 Å². The van der Waals surface area contributed by atoms with E-state index in [-0.39, 0.29) is 5.91 Å². The highest BCUT2D eigenvalue weighted by molar-refractivity contribution is 5.80. The summed E-state index contributed by atoms with van der Waals surface area (Å²) in [6.07, 6.45) is 1.80. The molecule has 1 saturated heterocycles. The van der Waals surface area contributed by atoms with Gasteiger partial charge in [0.15, 0.2) is 0 Å². The number of nitrogens with zero attached hydrogens (tertiary/aromatic N) is 1. The Hall–Kier alpha value is -1.84. The van der Waals surface area contributed by atoms with Crippen LogP contribution >= 0.6 is 0 Å². The lowest BCUT2D eigenvalue weighted by Crippen LogP contribution is -2.42. The topological polar surface area (TPSA) is 57.6 Å². The average molecular weight is 261 g/mol. The number of hydrogen-bond acceptors (Lipinski definition) is 2. The fourth-order valence-corrected chi connectivity index (χ4v) is 2.40. The van der Waals surface area contributed by atoms with E-state index in [1.165, 1.54) is 5.56 Å². The van der Waals surface area contributed by atoms with Crippen LogP contribution in [0, 0.1) is 12.8 Å². The number of aryl methyl sites for hydroxylation is 1. The Bertz CT molecular complexity index is 467. The first-order valence-corrected chi connectivity index (χ1v) is 6.62. The Kier molecular flexibility index (Phi) is 4.20. The highest BCUT2D eigenvalue weighted by Crippen LogP contribution is 2.17. The Morgan fingerprint density at radius 2 is 2.00 bits per heavy atom.